The molecule has 0 atom stereocenters. The number of nitrogens with zero attached hydrogens (tertiary/aromatic N) is 4. The normalized spacial score (nSPS) is 20.9. The van der Waals surface area contributed by atoms with E-state index in [1.807, 2.05) is 26.0 Å². The molecule has 0 unspecified atom stereocenters. The van der Waals surface area contributed by atoms with Gasteiger partial charge in [0.05, 0.1) is 5.25 Å². The summed E-state index contributed by atoms with van der Waals surface area (Å²) in [6.07, 6.45) is -7.37. The average Bonchev–Trinajstić information content (AvgIpc) is 3.63. The number of piperidine rings is 1. The number of sulfonamides is 1. The van der Waals surface area contributed by atoms with E-state index in [2.05, 4.69) is 9.80 Å². The second-order valence-electron chi connectivity index (χ2n) is 9.30. The highest BCUT2D eigenvalue weighted by Gasteiger charge is 2.51. The largest absolute Gasteiger partial charge is 0.490 e. The third-order valence-electron chi connectivity index (χ3n) is 6.28. The lowest BCUT2D eigenvalue weighted by molar-refractivity contribution is -0.193. The molecule has 2 saturated heterocycles. The van der Waals surface area contributed by atoms with Crippen molar-refractivity contribution >= 4 is 27.9 Å². The fourth-order valence-corrected chi connectivity index (χ4v) is 5.71. The third-order valence-corrected chi connectivity index (χ3v) is 8.68. The molecule has 1 spiro atoms. The van der Waals surface area contributed by atoms with Crippen LogP contribution in [-0.2, 0) is 24.4 Å². The Balaban J connectivity index is 0.000000426. The molecule has 3 fully saturated rings. The summed E-state index contributed by atoms with van der Waals surface area (Å²) in [6, 6.07) is 0. The van der Waals surface area contributed by atoms with E-state index >= 15 is 0 Å². The van der Waals surface area contributed by atoms with Gasteiger partial charge in [-0.25, -0.2) is 22.3 Å². The Labute approximate surface area is 216 Å². The fourth-order valence-electron chi connectivity index (χ4n) is 3.86. The van der Waals surface area contributed by atoms with Crippen molar-refractivity contribution < 1.29 is 59.4 Å². The third kappa shape index (κ3) is 9.23. The number of carboxylic acids is 2. The van der Waals surface area contributed by atoms with Gasteiger partial charge in [0.2, 0.25) is 15.9 Å². The Hall–Kier alpha value is -2.18. The van der Waals surface area contributed by atoms with E-state index < -0.39 is 39.9 Å². The molecule has 18 heteroatoms. The maximum Gasteiger partial charge on any atom is 0.490 e. The molecule has 0 aromatic rings. The number of alkyl halides is 6. The molecule has 0 aromatic carbocycles. The zero-order valence-electron chi connectivity index (χ0n) is 21.0. The van der Waals surface area contributed by atoms with Crippen LogP contribution < -0.4 is 0 Å². The van der Waals surface area contributed by atoms with Crippen LogP contribution in [0, 0.1) is 0 Å². The van der Waals surface area contributed by atoms with Gasteiger partial charge in [0, 0.05) is 39.3 Å². The Morgan fingerprint density at radius 2 is 1.37 bits per heavy atom. The van der Waals surface area contributed by atoms with E-state index in [4.69, 9.17) is 19.8 Å². The van der Waals surface area contributed by atoms with Crippen molar-refractivity contribution in [2.75, 3.05) is 60.4 Å². The predicted octanol–water partition coefficient (Wildman–Crippen LogP) is 0.915. The second-order valence-corrected chi connectivity index (χ2v) is 11.5. The zero-order valence-corrected chi connectivity index (χ0v) is 21.9. The highest BCUT2D eigenvalue weighted by molar-refractivity contribution is 7.90. The predicted molar refractivity (Wildman–Crippen MR) is 121 cm³/mol. The first kappa shape index (κ1) is 33.8. The van der Waals surface area contributed by atoms with Crippen molar-refractivity contribution in [2.24, 2.45) is 0 Å². The number of amides is 1. The molecule has 3 rings (SSSR count). The molecule has 1 saturated carbocycles. The first-order valence-electron chi connectivity index (χ1n) is 11.4. The van der Waals surface area contributed by atoms with Gasteiger partial charge >= 0.3 is 24.3 Å². The molecule has 0 radical (unpaired) electrons. The van der Waals surface area contributed by atoms with Gasteiger partial charge in [-0.2, -0.15) is 26.3 Å². The molecule has 38 heavy (non-hydrogen) atoms. The monoisotopic (exact) mass is 586 g/mol. The quantitative estimate of drug-likeness (QED) is 0.451. The second kappa shape index (κ2) is 12.8. The van der Waals surface area contributed by atoms with Crippen molar-refractivity contribution in [1.82, 2.24) is 19.0 Å². The Morgan fingerprint density at radius 3 is 1.71 bits per heavy atom. The smallest absolute Gasteiger partial charge is 0.475 e. The summed E-state index contributed by atoms with van der Waals surface area (Å²) < 4.78 is 90.0. The SMILES string of the molecule is CN(C)CCN1CCN(C)C2(CCN(S(=O)(=O)C3CC3)CC2)C1=O.O=C(O)C(F)(F)F.O=C(O)C(F)(F)F. The lowest BCUT2D eigenvalue weighted by Gasteiger charge is -2.51. The van der Waals surface area contributed by atoms with E-state index in [1.165, 1.54) is 0 Å². The summed E-state index contributed by atoms with van der Waals surface area (Å²) in [7, 11) is 2.90. The number of piperazine rings is 1. The minimum atomic E-state index is -5.08. The fraction of sp³-hybridized carbons (Fsp3) is 0.850. The molecule has 2 heterocycles. The number of hydrogen-bond donors (Lipinski definition) is 2. The van der Waals surface area contributed by atoms with E-state index in [0.717, 1.165) is 39.0 Å². The molecule has 0 bridgehead atoms. The number of likely N-dealkylation sites (N-methyl/N-ethyl adjacent to an activating group) is 2. The van der Waals surface area contributed by atoms with Crippen molar-refractivity contribution in [3.8, 4) is 0 Å². The minimum absolute atomic E-state index is 0.164. The molecule has 1 aliphatic carbocycles. The lowest BCUT2D eigenvalue weighted by atomic mass is 9.83. The van der Waals surface area contributed by atoms with Gasteiger partial charge in [-0.3, -0.25) is 9.69 Å². The Kier molecular flexibility index (Phi) is 11.4. The van der Waals surface area contributed by atoms with Gasteiger partial charge in [-0.05, 0) is 46.8 Å². The Morgan fingerprint density at radius 1 is 0.947 bits per heavy atom. The van der Waals surface area contributed by atoms with Crippen LogP contribution in [0.15, 0.2) is 0 Å². The van der Waals surface area contributed by atoms with E-state index in [-0.39, 0.29) is 11.2 Å². The molecule has 3 aliphatic rings. The molecular formula is C20H32F6N4O7S. The number of aliphatic carboxylic acids is 2. The molecule has 1 amide bonds. The van der Waals surface area contributed by atoms with Crippen molar-refractivity contribution in [1.29, 1.82) is 0 Å². The van der Waals surface area contributed by atoms with Crippen LogP contribution in [-0.4, -0.2) is 139 Å². The number of hydrogen-bond acceptors (Lipinski definition) is 7. The zero-order chi connectivity index (χ0) is 29.7. The first-order chi connectivity index (χ1) is 17.2. The molecule has 2 aliphatic heterocycles. The van der Waals surface area contributed by atoms with Gasteiger partial charge in [0.25, 0.3) is 0 Å². The van der Waals surface area contributed by atoms with E-state index in [9.17, 15) is 39.6 Å². The minimum Gasteiger partial charge on any atom is -0.475 e. The number of halogens is 6. The van der Waals surface area contributed by atoms with Crippen molar-refractivity contribution in [2.45, 2.75) is 48.8 Å². The summed E-state index contributed by atoms with van der Waals surface area (Å²) in [5, 5.41) is 14.1. The van der Waals surface area contributed by atoms with E-state index in [0.29, 0.717) is 25.9 Å². The maximum absolute atomic E-state index is 13.1. The Bertz CT molecular complexity index is 922. The molecular weight excluding hydrogens is 554 g/mol. The summed E-state index contributed by atoms with van der Waals surface area (Å²) in [5.41, 5.74) is -0.514. The van der Waals surface area contributed by atoms with Gasteiger partial charge in [0.1, 0.15) is 5.54 Å². The van der Waals surface area contributed by atoms with Crippen LogP contribution in [0.5, 0.6) is 0 Å². The van der Waals surface area contributed by atoms with Gasteiger partial charge in [-0.1, -0.05) is 0 Å². The summed E-state index contributed by atoms with van der Waals surface area (Å²) >= 11 is 0. The van der Waals surface area contributed by atoms with Crippen LogP contribution in [0.1, 0.15) is 25.7 Å². The standard InChI is InChI=1S/C16H30N4O3S.2C2HF3O2/c1-17(2)10-12-19-13-11-18(3)16(15(19)21)6-8-20(9-7-16)24(22,23)14-4-5-14;2*3-2(4,5)1(6)7/h14H,4-13H2,1-3H3;2*(H,6,7). The molecule has 11 nitrogen and oxygen atoms in total. The van der Waals surface area contributed by atoms with E-state index in [1.54, 1.807) is 4.31 Å². The van der Waals surface area contributed by atoms with Crippen LogP contribution in [0.3, 0.4) is 0 Å². The van der Waals surface area contributed by atoms with Crippen LogP contribution >= 0.6 is 0 Å². The van der Waals surface area contributed by atoms with Crippen molar-refractivity contribution in [3.05, 3.63) is 0 Å². The maximum atomic E-state index is 13.1. The summed E-state index contributed by atoms with van der Waals surface area (Å²) in [4.78, 5) is 37.1. The van der Waals surface area contributed by atoms with Gasteiger partial charge < -0.3 is 20.0 Å². The number of carbonyl (C=O) groups is 3. The average molecular weight is 587 g/mol. The lowest BCUT2D eigenvalue weighted by Crippen LogP contribution is -2.68. The number of carboxylic acid groups (broad SMARTS) is 2. The van der Waals surface area contributed by atoms with Gasteiger partial charge in [-0.15, -0.1) is 0 Å². The van der Waals surface area contributed by atoms with Crippen molar-refractivity contribution in [3.63, 3.8) is 0 Å². The highest BCUT2D eigenvalue weighted by atomic mass is 32.2. The number of rotatable bonds is 5. The van der Waals surface area contributed by atoms with Gasteiger partial charge in [0.15, 0.2) is 0 Å². The first-order valence-corrected chi connectivity index (χ1v) is 12.9. The number of carbonyl (C=O) groups excluding carboxylic acids is 1. The summed E-state index contributed by atoms with van der Waals surface area (Å²) in [5.74, 6) is -5.33. The molecule has 2 N–H and O–H groups in total. The molecule has 222 valence electrons. The highest BCUT2D eigenvalue weighted by Crippen LogP contribution is 2.37. The molecule has 0 aromatic heterocycles. The topological polar surface area (TPSA) is 139 Å². The van der Waals surface area contributed by atoms with Crippen LogP contribution in [0.2, 0.25) is 0 Å². The van der Waals surface area contributed by atoms with Crippen LogP contribution in [0.25, 0.3) is 0 Å². The van der Waals surface area contributed by atoms with Crippen LogP contribution in [0.4, 0.5) is 26.3 Å². The summed E-state index contributed by atoms with van der Waals surface area (Å²) in [6.45, 7) is 4.15.